The van der Waals surface area contributed by atoms with Crippen molar-refractivity contribution in [2.45, 2.75) is 32.5 Å². The van der Waals surface area contributed by atoms with Gasteiger partial charge in [-0.25, -0.2) is 0 Å². The molecule has 1 aromatic heterocycles. The number of fused-ring (bicyclic) bond motifs is 1. The average Bonchev–Trinajstić information content (AvgIpc) is 3.01. The molecule has 128 valence electrons. The van der Waals surface area contributed by atoms with Gasteiger partial charge in [-0.3, -0.25) is 14.4 Å². The van der Waals surface area contributed by atoms with Crippen molar-refractivity contribution in [3.63, 3.8) is 0 Å². The number of rotatable bonds is 6. The summed E-state index contributed by atoms with van der Waals surface area (Å²) >= 11 is 0. The van der Waals surface area contributed by atoms with Crippen molar-refractivity contribution >= 4 is 5.91 Å². The van der Waals surface area contributed by atoms with Crippen molar-refractivity contribution < 1.29 is 9.53 Å². The van der Waals surface area contributed by atoms with Crippen LogP contribution in [-0.2, 0) is 17.9 Å². The number of amides is 1. The molecule has 6 heteroatoms. The zero-order valence-corrected chi connectivity index (χ0v) is 14.0. The third-order valence-corrected chi connectivity index (χ3v) is 4.02. The molecular formula is C18H24N4O2. The number of hydrogen-bond donors (Lipinski definition) is 1. The minimum absolute atomic E-state index is 0.0575. The first kappa shape index (κ1) is 16.5. The van der Waals surface area contributed by atoms with Gasteiger partial charge in [-0.1, -0.05) is 18.2 Å². The Kier molecular flexibility index (Phi) is 5.48. The Bertz CT molecular complexity index is 657. The lowest BCUT2D eigenvalue weighted by molar-refractivity contribution is -0.122. The summed E-state index contributed by atoms with van der Waals surface area (Å²) in [5.74, 6) is 0.981. The molecule has 1 aliphatic rings. The molecule has 1 aliphatic heterocycles. The summed E-state index contributed by atoms with van der Waals surface area (Å²) in [5.41, 5.74) is 1.13. The van der Waals surface area contributed by atoms with Crippen LogP contribution in [0, 0.1) is 0 Å². The molecular weight excluding hydrogens is 304 g/mol. The van der Waals surface area contributed by atoms with Crippen LogP contribution < -0.4 is 10.1 Å². The van der Waals surface area contributed by atoms with E-state index >= 15 is 0 Å². The number of aromatic nitrogens is 2. The number of carbonyl (C=O) groups excluding carboxylic acids is 1. The molecule has 1 amide bonds. The number of nitrogens with one attached hydrogen (secondary N) is 1. The first-order chi connectivity index (χ1) is 11.7. The van der Waals surface area contributed by atoms with E-state index in [2.05, 4.69) is 21.4 Å². The van der Waals surface area contributed by atoms with E-state index in [9.17, 15) is 4.79 Å². The van der Waals surface area contributed by atoms with E-state index in [1.165, 1.54) is 0 Å². The van der Waals surface area contributed by atoms with E-state index in [0.717, 1.165) is 37.4 Å². The van der Waals surface area contributed by atoms with Crippen LogP contribution >= 0.6 is 0 Å². The Balaban J connectivity index is 1.45. The van der Waals surface area contributed by atoms with Crippen LogP contribution in [0.3, 0.4) is 0 Å². The molecule has 6 nitrogen and oxygen atoms in total. The third-order valence-electron chi connectivity index (χ3n) is 4.02. The van der Waals surface area contributed by atoms with E-state index < -0.39 is 0 Å². The molecule has 0 bridgehead atoms. The topological polar surface area (TPSA) is 59.4 Å². The minimum atomic E-state index is 0.0575. The monoisotopic (exact) mass is 328 g/mol. The second-order valence-electron chi connectivity index (χ2n) is 6.18. The van der Waals surface area contributed by atoms with E-state index in [1.54, 1.807) is 6.20 Å². The highest BCUT2D eigenvalue weighted by Gasteiger charge is 2.21. The molecule has 0 fully saturated rings. The summed E-state index contributed by atoms with van der Waals surface area (Å²) in [5, 5.41) is 7.14. The van der Waals surface area contributed by atoms with E-state index in [0.29, 0.717) is 13.1 Å². The van der Waals surface area contributed by atoms with Crippen molar-refractivity contribution in [2.75, 3.05) is 19.6 Å². The van der Waals surface area contributed by atoms with Gasteiger partial charge in [-0.2, -0.15) is 5.10 Å². The zero-order valence-electron chi connectivity index (χ0n) is 14.0. The second kappa shape index (κ2) is 7.97. The maximum atomic E-state index is 12.2. The summed E-state index contributed by atoms with van der Waals surface area (Å²) in [6.45, 7) is 5.39. The number of carbonyl (C=O) groups is 1. The molecule has 0 radical (unpaired) electrons. The van der Waals surface area contributed by atoms with Crippen LogP contribution in [0.5, 0.6) is 5.75 Å². The Morgan fingerprint density at radius 2 is 2.25 bits per heavy atom. The number of aryl methyl sites for hydroxylation is 1. The molecule has 2 aromatic rings. The van der Waals surface area contributed by atoms with Gasteiger partial charge >= 0.3 is 0 Å². The molecule has 1 atom stereocenters. The largest absolute Gasteiger partial charge is 0.489 e. The molecule has 0 saturated heterocycles. The van der Waals surface area contributed by atoms with Crippen LogP contribution in [0.1, 0.15) is 18.9 Å². The molecule has 3 rings (SSSR count). The molecule has 2 heterocycles. The number of ether oxygens (including phenoxy) is 1. The summed E-state index contributed by atoms with van der Waals surface area (Å²) in [4.78, 5) is 14.3. The summed E-state index contributed by atoms with van der Waals surface area (Å²) in [6.07, 6.45) is 4.63. The van der Waals surface area contributed by atoms with Crippen LogP contribution in [-0.4, -0.2) is 46.3 Å². The maximum Gasteiger partial charge on any atom is 0.234 e. The van der Waals surface area contributed by atoms with Gasteiger partial charge in [0.1, 0.15) is 11.9 Å². The third kappa shape index (κ3) is 4.58. The first-order valence-corrected chi connectivity index (χ1v) is 8.42. The number of benzene rings is 1. The van der Waals surface area contributed by atoms with Gasteiger partial charge in [0.05, 0.1) is 6.54 Å². The van der Waals surface area contributed by atoms with E-state index in [-0.39, 0.29) is 12.0 Å². The van der Waals surface area contributed by atoms with Gasteiger partial charge < -0.3 is 10.1 Å². The molecule has 1 unspecified atom stereocenters. The van der Waals surface area contributed by atoms with Gasteiger partial charge in [-0.15, -0.1) is 0 Å². The smallest absolute Gasteiger partial charge is 0.234 e. The Morgan fingerprint density at radius 1 is 1.38 bits per heavy atom. The number of para-hydroxylation sites is 1. The zero-order chi connectivity index (χ0) is 16.8. The number of hydrogen-bond acceptors (Lipinski definition) is 4. The summed E-state index contributed by atoms with van der Waals surface area (Å²) in [7, 11) is 0. The van der Waals surface area contributed by atoms with Crippen molar-refractivity contribution in [3.05, 3.63) is 48.3 Å². The highest BCUT2D eigenvalue weighted by Crippen LogP contribution is 2.24. The lowest BCUT2D eigenvalue weighted by Gasteiger charge is -2.21. The van der Waals surface area contributed by atoms with Crippen LogP contribution in [0.4, 0.5) is 0 Å². The molecule has 0 aliphatic carbocycles. The fraction of sp³-hybridized carbons (Fsp3) is 0.444. The lowest BCUT2D eigenvalue weighted by atomic mass is 10.2. The SMILES string of the molecule is CC1CN(CC(=O)NCCCn2cccn2)Cc2ccccc2O1. The molecule has 0 saturated carbocycles. The van der Waals surface area contributed by atoms with Gasteiger partial charge in [-0.05, 0) is 25.5 Å². The van der Waals surface area contributed by atoms with Crippen molar-refractivity contribution in [1.29, 1.82) is 0 Å². The predicted octanol–water partition coefficient (Wildman–Crippen LogP) is 1.67. The Labute approximate surface area is 142 Å². The average molecular weight is 328 g/mol. The highest BCUT2D eigenvalue weighted by atomic mass is 16.5. The fourth-order valence-corrected chi connectivity index (χ4v) is 2.95. The van der Waals surface area contributed by atoms with Gasteiger partial charge in [0.15, 0.2) is 0 Å². The Morgan fingerprint density at radius 3 is 3.08 bits per heavy atom. The van der Waals surface area contributed by atoms with E-state index in [4.69, 9.17) is 4.74 Å². The van der Waals surface area contributed by atoms with Crippen LogP contribution in [0.2, 0.25) is 0 Å². The second-order valence-corrected chi connectivity index (χ2v) is 6.18. The fourth-order valence-electron chi connectivity index (χ4n) is 2.95. The lowest BCUT2D eigenvalue weighted by Crippen LogP contribution is -2.40. The Hall–Kier alpha value is -2.34. The molecule has 0 spiro atoms. The van der Waals surface area contributed by atoms with Crippen LogP contribution in [0.25, 0.3) is 0 Å². The summed E-state index contributed by atoms with van der Waals surface area (Å²) < 4.78 is 7.80. The van der Waals surface area contributed by atoms with E-state index in [1.807, 2.05) is 42.1 Å². The standard InChI is InChI=1S/C18H24N4O2/c1-15-12-21(13-16-6-2-3-7-17(16)24-15)14-18(23)19-8-4-10-22-11-5-9-20-22/h2-3,5-7,9,11,15H,4,8,10,12-14H2,1H3,(H,19,23). The van der Waals surface area contributed by atoms with Gasteiger partial charge in [0.2, 0.25) is 5.91 Å². The molecule has 24 heavy (non-hydrogen) atoms. The number of nitrogens with zero attached hydrogens (tertiary/aromatic N) is 3. The quantitative estimate of drug-likeness (QED) is 0.820. The van der Waals surface area contributed by atoms with Gasteiger partial charge in [0.25, 0.3) is 0 Å². The van der Waals surface area contributed by atoms with Gasteiger partial charge in [0, 0.05) is 44.1 Å². The predicted molar refractivity (Wildman–Crippen MR) is 91.7 cm³/mol. The molecule has 1 aromatic carbocycles. The normalized spacial score (nSPS) is 17.6. The summed E-state index contributed by atoms with van der Waals surface area (Å²) in [6, 6.07) is 9.94. The van der Waals surface area contributed by atoms with Crippen molar-refractivity contribution in [1.82, 2.24) is 20.0 Å². The minimum Gasteiger partial charge on any atom is -0.489 e. The van der Waals surface area contributed by atoms with Crippen LogP contribution in [0.15, 0.2) is 42.7 Å². The van der Waals surface area contributed by atoms with Crippen molar-refractivity contribution in [3.8, 4) is 5.75 Å². The van der Waals surface area contributed by atoms with Crippen molar-refractivity contribution in [2.24, 2.45) is 0 Å². The molecule has 1 N–H and O–H groups in total. The highest BCUT2D eigenvalue weighted by molar-refractivity contribution is 5.78. The maximum absolute atomic E-state index is 12.2. The first-order valence-electron chi connectivity index (χ1n) is 8.42.